The van der Waals surface area contributed by atoms with E-state index in [1.807, 2.05) is 0 Å². The second kappa shape index (κ2) is 29.3. The van der Waals surface area contributed by atoms with Crippen LogP contribution >= 0.6 is 0 Å². The van der Waals surface area contributed by atoms with E-state index in [2.05, 4.69) is 49.6 Å². The molecule has 0 saturated heterocycles. The maximum atomic E-state index is 3.74. The van der Waals surface area contributed by atoms with E-state index in [4.69, 9.17) is 0 Å². The second-order valence-electron chi connectivity index (χ2n) is 13.6. The summed E-state index contributed by atoms with van der Waals surface area (Å²) in [6.07, 6.45) is 47.2. The molecule has 1 heterocycles. The summed E-state index contributed by atoms with van der Waals surface area (Å²) < 4.78 is 2.63. The Morgan fingerprint density at radius 2 is 0.780 bits per heavy atom. The molecule has 0 aromatic carbocycles. The Kier molecular flexibility index (Phi) is 27.3. The average Bonchev–Trinajstić information content (AvgIpc) is 3.47. The largest absolute Gasteiger partial charge is 0.257 e. The molecule has 1 rings (SSSR count). The van der Waals surface area contributed by atoms with Gasteiger partial charge in [-0.2, -0.15) is 0 Å². The summed E-state index contributed by atoms with van der Waals surface area (Å²) >= 11 is 0. The predicted molar refractivity (Wildman–Crippen MR) is 184 cm³/mol. The Balaban J connectivity index is 2.40. The number of unbranched alkanes of at least 4 members (excludes halogenated alkanes) is 24. The molecule has 0 amide bonds. The standard InChI is InChI=1S/C39H76N2/c1-5-8-11-14-17-18-19-20-21-22-25-28-31-34-38(33-30-27-24-16-13-10-7-3)39-40-35-36-41(39)37(4)32-29-26-23-15-12-9-6-2/h35-38H,5-34H2,1-4H3/p+1. The minimum absolute atomic E-state index is 0.620. The number of hydrogen-bond donors (Lipinski definition) is 1. The van der Waals surface area contributed by atoms with Crippen molar-refractivity contribution in [2.45, 2.75) is 232 Å². The van der Waals surface area contributed by atoms with Gasteiger partial charge in [-0.3, -0.25) is 0 Å². The highest BCUT2D eigenvalue weighted by Gasteiger charge is 2.25. The first-order valence-corrected chi connectivity index (χ1v) is 19.3. The summed E-state index contributed by atoms with van der Waals surface area (Å²) in [5, 5.41) is 0. The van der Waals surface area contributed by atoms with Gasteiger partial charge in [0.15, 0.2) is 0 Å². The van der Waals surface area contributed by atoms with Gasteiger partial charge in [0, 0.05) is 0 Å². The van der Waals surface area contributed by atoms with E-state index in [1.54, 1.807) is 0 Å². The van der Waals surface area contributed by atoms with E-state index < -0.39 is 0 Å². The molecular weight excluding hydrogens is 496 g/mol. The van der Waals surface area contributed by atoms with Crippen molar-refractivity contribution in [2.24, 2.45) is 0 Å². The third kappa shape index (κ3) is 21.5. The molecule has 0 aliphatic carbocycles. The van der Waals surface area contributed by atoms with E-state index >= 15 is 0 Å². The molecule has 0 fully saturated rings. The first-order chi connectivity index (χ1) is 20.2. The van der Waals surface area contributed by atoms with Gasteiger partial charge in [-0.15, -0.1) is 0 Å². The molecule has 1 aromatic rings. The third-order valence-corrected chi connectivity index (χ3v) is 9.64. The Bertz CT molecular complexity index is 635. The van der Waals surface area contributed by atoms with Gasteiger partial charge in [0.05, 0.1) is 12.0 Å². The number of H-pyrrole nitrogens is 1. The Morgan fingerprint density at radius 3 is 1.15 bits per heavy atom. The highest BCUT2D eigenvalue weighted by Crippen LogP contribution is 2.27. The minimum Gasteiger partial charge on any atom is -0.247 e. The summed E-state index contributed by atoms with van der Waals surface area (Å²) in [5.74, 6) is 2.25. The number of aromatic nitrogens is 2. The highest BCUT2D eigenvalue weighted by molar-refractivity contribution is 4.90. The van der Waals surface area contributed by atoms with E-state index in [-0.39, 0.29) is 0 Å². The number of nitrogens with one attached hydrogen (secondary N) is 1. The first-order valence-electron chi connectivity index (χ1n) is 19.3. The number of rotatable bonds is 32. The zero-order valence-corrected chi connectivity index (χ0v) is 29.0. The predicted octanol–water partition coefficient (Wildman–Crippen LogP) is 13.7. The van der Waals surface area contributed by atoms with Crippen LogP contribution in [0, 0.1) is 0 Å². The van der Waals surface area contributed by atoms with Crippen LogP contribution in [0.5, 0.6) is 0 Å². The van der Waals surface area contributed by atoms with Crippen LogP contribution in [0.2, 0.25) is 0 Å². The lowest BCUT2D eigenvalue weighted by Gasteiger charge is -2.17. The lowest BCUT2D eigenvalue weighted by molar-refractivity contribution is -0.727. The van der Waals surface area contributed by atoms with Gasteiger partial charge >= 0.3 is 0 Å². The van der Waals surface area contributed by atoms with Crippen LogP contribution in [-0.2, 0) is 0 Å². The van der Waals surface area contributed by atoms with Crippen LogP contribution in [0.3, 0.4) is 0 Å². The van der Waals surface area contributed by atoms with Crippen molar-refractivity contribution >= 4 is 0 Å². The van der Waals surface area contributed by atoms with Crippen LogP contribution in [0.15, 0.2) is 12.4 Å². The molecule has 0 bridgehead atoms. The molecule has 2 heteroatoms. The van der Waals surface area contributed by atoms with E-state index in [9.17, 15) is 0 Å². The molecule has 0 aliphatic rings. The second-order valence-corrected chi connectivity index (χ2v) is 13.6. The quantitative estimate of drug-likeness (QED) is 0.0653. The molecule has 0 aliphatic heterocycles. The fraction of sp³-hybridized carbons (Fsp3) is 0.923. The number of imidazole rings is 1. The summed E-state index contributed by atoms with van der Waals surface area (Å²) in [7, 11) is 0. The van der Waals surface area contributed by atoms with Crippen LogP contribution in [0.4, 0.5) is 0 Å². The Morgan fingerprint density at radius 1 is 0.463 bits per heavy atom. The van der Waals surface area contributed by atoms with E-state index in [0.717, 1.165) is 0 Å². The van der Waals surface area contributed by atoms with Gasteiger partial charge in [-0.05, 0) is 32.6 Å². The zero-order valence-electron chi connectivity index (χ0n) is 29.0. The topological polar surface area (TPSA) is 19.7 Å². The number of nitrogens with zero attached hydrogens (tertiary/aromatic N) is 1. The summed E-state index contributed by atoms with van der Waals surface area (Å²) in [6, 6.07) is 0.620. The van der Waals surface area contributed by atoms with Crippen LogP contribution in [0.1, 0.15) is 238 Å². The van der Waals surface area contributed by atoms with E-state index in [1.165, 1.54) is 198 Å². The molecule has 2 unspecified atom stereocenters. The molecule has 2 nitrogen and oxygen atoms in total. The van der Waals surface area contributed by atoms with E-state index in [0.29, 0.717) is 12.0 Å². The molecule has 41 heavy (non-hydrogen) atoms. The van der Waals surface area contributed by atoms with Crippen LogP contribution in [-0.4, -0.2) is 4.98 Å². The van der Waals surface area contributed by atoms with Crippen molar-refractivity contribution in [3.8, 4) is 0 Å². The van der Waals surface area contributed by atoms with Crippen molar-refractivity contribution in [2.75, 3.05) is 0 Å². The zero-order chi connectivity index (χ0) is 29.6. The molecule has 1 aromatic heterocycles. The van der Waals surface area contributed by atoms with Crippen molar-refractivity contribution in [3.05, 3.63) is 18.2 Å². The van der Waals surface area contributed by atoms with Gasteiger partial charge in [-0.1, -0.05) is 188 Å². The molecule has 242 valence electrons. The SMILES string of the molecule is CCCCCCCCCCCCCCCC(CCCCCCCCC)c1[nH]cc[n+]1C(C)CCCCCCCCC. The van der Waals surface area contributed by atoms with Gasteiger partial charge in [-0.25, -0.2) is 9.55 Å². The normalized spacial score (nSPS) is 13.2. The molecule has 0 spiro atoms. The fourth-order valence-electron chi connectivity index (χ4n) is 6.78. The summed E-state index contributed by atoms with van der Waals surface area (Å²) in [4.78, 5) is 3.74. The Hall–Kier alpha value is -0.790. The maximum Gasteiger partial charge on any atom is 0.257 e. The van der Waals surface area contributed by atoms with Gasteiger partial charge in [0.2, 0.25) is 0 Å². The maximum absolute atomic E-state index is 3.74. The molecular formula is C39H77N2+. The van der Waals surface area contributed by atoms with Crippen LogP contribution in [0.25, 0.3) is 0 Å². The van der Waals surface area contributed by atoms with Crippen molar-refractivity contribution in [3.63, 3.8) is 0 Å². The summed E-state index contributed by atoms with van der Waals surface area (Å²) in [6.45, 7) is 9.41. The Labute approximate surface area is 259 Å². The smallest absolute Gasteiger partial charge is 0.247 e. The summed E-state index contributed by atoms with van der Waals surface area (Å²) in [5.41, 5.74) is 0. The first kappa shape index (κ1) is 38.2. The molecule has 0 saturated carbocycles. The lowest BCUT2D eigenvalue weighted by atomic mass is 9.92. The molecule has 2 atom stereocenters. The van der Waals surface area contributed by atoms with Gasteiger partial charge in [0.25, 0.3) is 5.82 Å². The van der Waals surface area contributed by atoms with Crippen LogP contribution < -0.4 is 4.57 Å². The highest BCUT2D eigenvalue weighted by atomic mass is 15.1. The number of hydrogen-bond acceptors (Lipinski definition) is 0. The minimum atomic E-state index is 0.620. The number of aromatic amines is 1. The molecule has 0 radical (unpaired) electrons. The van der Waals surface area contributed by atoms with Crippen molar-refractivity contribution < 1.29 is 4.57 Å². The fourth-order valence-corrected chi connectivity index (χ4v) is 6.78. The van der Waals surface area contributed by atoms with Crippen molar-refractivity contribution in [1.82, 2.24) is 4.98 Å². The lowest BCUT2D eigenvalue weighted by Crippen LogP contribution is -2.41. The average molecular weight is 574 g/mol. The monoisotopic (exact) mass is 574 g/mol. The van der Waals surface area contributed by atoms with Gasteiger partial charge in [0.1, 0.15) is 12.4 Å². The van der Waals surface area contributed by atoms with Gasteiger partial charge < -0.3 is 0 Å². The third-order valence-electron chi connectivity index (χ3n) is 9.64. The van der Waals surface area contributed by atoms with Crippen molar-refractivity contribution in [1.29, 1.82) is 0 Å². The molecule has 1 N–H and O–H groups in total.